The van der Waals surface area contributed by atoms with Crippen LogP contribution in [0.15, 0.2) is 28.1 Å². The van der Waals surface area contributed by atoms with E-state index in [0.717, 1.165) is 18.9 Å². The predicted octanol–water partition coefficient (Wildman–Crippen LogP) is 4.91. The molecule has 2 nitrogen and oxygen atoms in total. The highest BCUT2D eigenvalue weighted by Crippen LogP contribution is 2.27. The van der Waals surface area contributed by atoms with E-state index in [4.69, 9.17) is 11.6 Å². The van der Waals surface area contributed by atoms with Crippen LogP contribution in [-0.2, 0) is 0 Å². The number of nitrogens with one attached hydrogen (secondary N) is 1. The van der Waals surface area contributed by atoms with Crippen molar-refractivity contribution in [2.24, 2.45) is 0 Å². The molecule has 0 bridgehead atoms. The first-order chi connectivity index (χ1) is 7.15. The van der Waals surface area contributed by atoms with Gasteiger partial charge in [0.2, 0.25) is 0 Å². The van der Waals surface area contributed by atoms with Crippen LogP contribution in [0.3, 0.4) is 0 Å². The van der Waals surface area contributed by atoms with Gasteiger partial charge >= 0.3 is 0 Å². The Balaban J connectivity index is 2.21. The number of nitrogens with zero attached hydrogens (tertiary/aromatic N) is 1. The summed E-state index contributed by atoms with van der Waals surface area (Å²) in [6.45, 7) is 0. The minimum absolute atomic E-state index is 0.523. The van der Waals surface area contributed by atoms with Crippen molar-refractivity contribution in [3.8, 4) is 0 Å². The highest BCUT2D eigenvalue weighted by Gasteiger charge is 2.02. The molecule has 1 aromatic heterocycles. The number of aromatic nitrogens is 1. The first-order valence-corrected chi connectivity index (χ1v) is 7.11. The van der Waals surface area contributed by atoms with E-state index in [9.17, 15) is 0 Å². The Bertz CT molecular complexity index is 489. The summed E-state index contributed by atoms with van der Waals surface area (Å²) >= 11 is 12.9. The Morgan fingerprint density at radius 3 is 2.87 bits per heavy atom. The van der Waals surface area contributed by atoms with Crippen molar-refractivity contribution in [3.05, 3.63) is 36.8 Å². The van der Waals surface area contributed by atoms with Gasteiger partial charge < -0.3 is 5.32 Å². The third kappa shape index (κ3) is 3.05. The average molecular weight is 415 g/mol. The van der Waals surface area contributed by atoms with Crippen molar-refractivity contribution in [1.29, 1.82) is 0 Å². The molecule has 0 aliphatic heterocycles. The van der Waals surface area contributed by atoms with E-state index in [1.807, 2.05) is 18.2 Å². The number of hydrogen-bond acceptors (Lipinski definition) is 3. The molecule has 0 spiro atoms. The zero-order valence-electron chi connectivity index (χ0n) is 7.30. The molecule has 0 saturated heterocycles. The van der Waals surface area contributed by atoms with Crippen LogP contribution in [0, 0.1) is 3.57 Å². The highest BCUT2D eigenvalue weighted by molar-refractivity contribution is 14.1. The van der Waals surface area contributed by atoms with Gasteiger partial charge in [-0.3, -0.25) is 0 Å². The van der Waals surface area contributed by atoms with Gasteiger partial charge in [-0.2, -0.15) is 0 Å². The van der Waals surface area contributed by atoms with E-state index in [2.05, 4.69) is 48.8 Å². The molecule has 1 heterocycles. The van der Waals surface area contributed by atoms with E-state index < -0.39 is 0 Å². The monoisotopic (exact) mass is 414 g/mol. The van der Waals surface area contributed by atoms with Crippen LogP contribution < -0.4 is 5.32 Å². The Morgan fingerprint density at radius 1 is 1.47 bits per heavy atom. The maximum absolute atomic E-state index is 5.73. The Labute approximate surface area is 118 Å². The molecule has 15 heavy (non-hydrogen) atoms. The molecule has 0 aliphatic carbocycles. The van der Waals surface area contributed by atoms with Crippen molar-refractivity contribution in [2.75, 3.05) is 5.32 Å². The number of thiazole rings is 1. The van der Waals surface area contributed by atoms with Crippen LogP contribution >= 0.6 is 61.5 Å². The van der Waals surface area contributed by atoms with Crippen molar-refractivity contribution in [1.82, 2.24) is 4.98 Å². The molecule has 0 aliphatic rings. The molecule has 78 valence electrons. The zero-order chi connectivity index (χ0) is 10.8. The summed E-state index contributed by atoms with van der Waals surface area (Å²) in [7, 11) is 0. The maximum Gasteiger partial charge on any atom is 0.188 e. The molecule has 0 fully saturated rings. The fourth-order valence-corrected chi connectivity index (χ4v) is 2.63. The second kappa shape index (κ2) is 4.99. The van der Waals surface area contributed by atoms with Crippen LogP contribution in [0.5, 0.6) is 0 Å². The Morgan fingerprint density at radius 2 is 2.27 bits per heavy atom. The third-order valence-corrected chi connectivity index (χ3v) is 5.05. The molecular formula is C9H5BrClIN2S. The molecule has 0 radical (unpaired) electrons. The Kier molecular flexibility index (Phi) is 3.87. The first kappa shape index (κ1) is 11.6. The quantitative estimate of drug-likeness (QED) is 0.706. The van der Waals surface area contributed by atoms with Gasteiger partial charge in [-0.05, 0) is 56.7 Å². The molecule has 1 N–H and O–H groups in total. The van der Waals surface area contributed by atoms with Gasteiger partial charge in [0, 0.05) is 19.1 Å². The number of benzene rings is 1. The van der Waals surface area contributed by atoms with Crippen molar-refractivity contribution >= 4 is 72.3 Å². The number of halogens is 3. The van der Waals surface area contributed by atoms with E-state index in [0.29, 0.717) is 5.15 Å². The molecule has 2 aromatic rings. The van der Waals surface area contributed by atoms with Gasteiger partial charge in [-0.15, -0.1) is 11.3 Å². The lowest BCUT2D eigenvalue weighted by Crippen LogP contribution is -1.89. The van der Waals surface area contributed by atoms with E-state index in [-0.39, 0.29) is 0 Å². The Hall–Kier alpha value is 0.150. The second-order valence-electron chi connectivity index (χ2n) is 2.73. The smallest absolute Gasteiger partial charge is 0.188 e. The largest absolute Gasteiger partial charge is 0.331 e. The molecule has 0 amide bonds. The maximum atomic E-state index is 5.73. The summed E-state index contributed by atoms with van der Waals surface area (Å²) in [4.78, 5) is 4.12. The summed E-state index contributed by atoms with van der Waals surface area (Å²) in [5, 5.41) is 6.32. The fourth-order valence-electron chi connectivity index (χ4n) is 1.01. The third-order valence-electron chi connectivity index (χ3n) is 1.65. The van der Waals surface area contributed by atoms with Crippen LogP contribution in [0.2, 0.25) is 5.15 Å². The molecule has 0 saturated carbocycles. The predicted molar refractivity (Wildman–Crippen MR) is 77.3 cm³/mol. The van der Waals surface area contributed by atoms with Crippen LogP contribution in [0.25, 0.3) is 0 Å². The highest BCUT2D eigenvalue weighted by atomic mass is 127. The summed E-state index contributed by atoms with van der Waals surface area (Å²) < 4.78 is 2.24. The van der Waals surface area contributed by atoms with Crippen molar-refractivity contribution < 1.29 is 0 Å². The minimum Gasteiger partial charge on any atom is -0.331 e. The fraction of sp³-hybridized carbons (Fsp3) is 0. The van der Waals surface area contributed by atoms with Crippen LogP contribution in [0.4, 0.5) is 10.8 Å². The minimum atomic E-state index is 0.523. The second-order valence-corrected chi connectivity index (χ2v) is 5.99. The topological polar surface area (TPSA) is 24.9 Å². The summed E-state index contributed by atoms with van der Waals surface area (Å²) in [6, 6.07) is 6.03. The average Bonchev–Trinajstić information content (AvgIpc) is 2.58. The van der Waals surface area contributed by atoms with Crippen molar-refractivity contribution in [3.63, 3.8) is 0 Å². The van der Waals surface area contributed by atoms with Gasteiger partial charge in [0.1, 0.15) is 5.15 Å². The summed E-state index contributed by atoms with van der Waals surface area (Å²) in [6.07, 6.45) is 0. The van der Waals surface area contributed by atoms with Crippen molar-refractivity contribution in [2.45, 2.75) is 0 Å². The van der Waals surface area contributed by atoms with E-state index in [1.54, 1.807) is 5.38 Å². The van der Waals surface area contributed by atoms with E-state index in [1.165, 1.54) is 11.3 Å². The lowest BCUT2D eigenvalue weighted by molar-refractivity contribution is 1.39. The van der Waals surface area contributed by atoms with Gasteiger partial charge in [-0.1, -0.05) is 11.6 Å². The molecule has 0 atom stereocenters. The molecule has 6 heteroatoms. The van der Waals surface area contributed by atoms with Crippen LogP contribution in [0.1, 0.15) is 0 Å². The number of hydrogen-bond donors (Lipinski definition) is 1. The van der Waals surface area contributed by atoms with Gasteiger partial charge in [0.15, 0.2) is 5.13 Å². The SMILES string of the molecule is Clc1csc(Nc2ccc(Br)c(I)c2)n1. The standard InChI is InChI=1S/C9H5BrClIN2S/c10-6-2-1-5(3-7(6)12)13-9-14-8(11)4-15-9/h1-4H,(H,13,14). The molecule has 0 unspecified atom stereocenters. The zero-order valence-corrected chi connectivity index (χ0v) is 12.6. The molecular weight excluding hydrogens is 410 g/mol. The summed E-state index contributed by atoms with van der Waals surface area (Å²) in [5.41, 5.74) is 1.01. The van der Waals surface area contributed by atoms with E-state index >= 15 is 0 Å². The first-order valence-electron chi connectivity index (χ1n) is 3.98. The summed E-state index contributed by atoms with van der Waals surface area (Å²) in [5.74, 6) is 0. The molecule has 2 rings (SSSR count). The lowest BCUT2D eigenvalue weighted by Gasteiger charge is -2.03. The molecule has 1 aromatic carbocycles. The van der Waals surface area contributed by atoms with Gasteiger partial charge in [0.25, 0.3) is 0 Å². The lowest BCUT2D eigenvalue weighted by atomic mass is 10.3. The number of rotatable bonds is 2. The van der Waals surface area contributed by atoms with Gasteiger partial charge in [-0.25, -0.2) is 4.98 Å². The number of anilines is 2. The van der Waals surface area contributed by atoms with Crippen LogP contribution in [-0.4, -0.2) is 4.98 Å². The van der Waals surface area contributed by atoms with Gasteiger partial charge in [0.05, 0.1) is 0 Å². The normalized spacial score (nSPS) is 10.3.